The highest BCUT2D eigenvalue weighted by atomic mass is 16.5. The number of nitrogens with zero attached hydrogens (tertiary/aromatic N) is 1. The minimum Gasteiger partial charge on any atom is -0.462 e. The van der Waals surface area contributed by atoms with Crippen LogP contribution in [0.15, 0.2) is 12.3 Å². The number of carbonyl (C=O) groups excluding carboxylic acids is 2. The number of nitrogens with one attached hydrogen (secondary N) is 1. The van der Waals surface area contributed by atoms with Gasteiger partial charge in [0, 0.05) is 19.3 Å². The molecule has 0 spiro atoms. The van der Waals surface area contributed by atoms with Gasteiger partial charge in [-0.25, -0.2) is 9.59 Å². The van der Waals surface area contributed by atoms with E-state index in [1.54, 1.807) is 19.2 Å². The van der Waals surface area contributed by atoms with Crippen LogP contribution < -0.4 is 5.32 Å². The molecule has 0 saturated carbocycles. The molecule has 0 atom stereocenters. The van der Waals surface area contributed by atoms with Crippen molar-refractivity contribution in [1.29, 1.82) is 0 Å². The molecule has 84 valence electrons. The Labute approximate surface area is 92.7 Å². The van der Waals surface area contributed by atoms with E-state index in [2.05, 4.69) is 5.32 Å². The number of fused-ring (bicyclic) bond motifs is 1. The highest BCUT2D eigenvalue weighted by molar-refractivity contribution is 5.93. The molecule has 0 saturated heterocycles. The van der Waals surface area contributed by atoms with Crippen LogP contribution in [0.25, 0.3) is 5.70 Å². The topological polar surface area (TPSA) is 60.3 Å². The maximum Gasteiger partial charge on any atom is 0.339 e. The van der Waals surface area contributed by atoms with Gasteiger partial charge in [-0.3, -0.25) is 0 Å². The smallest absolute Gasteiger partial charge is 0.339 e. The molecule has 5 nitrogen and oxygen atoms in total. The van der Waals surface area contributed by atoms with E-state index in [-0.39, 0.29) is 5.97 Å². The largest absolute Gasteiger partial charge is 0.462 e. The Balaban J connectivity index is 2.36. The third-order valence-electron chi connectivity index (χ3n) is 2.42. The first-order chi connectivity index (χ1) is 7.76. The lowest BCUT2D eigenvalue weighted by atomic mass is 10.2. The highest BCUT2D eigenvalue weighted by Crippen LogP contribution is 2.18. The van der Waals surface area contributed by atoms with Gasteiger partial charge in [-0.05, 0) is 13.0 Å². The lowest BCUT2D eigenvalue weighted by Crippen LogP contribution is -2.26. The summed E-state index contributed by atoms with van der Waals surface area (Å²) in [5.74, 6) is 1.46. The van der Waals surface area contributed by atoms with Gasteiger partial charge in [-0.15, -0.1) is 0 Å². The Morgan fingerprint density at radius 2 is 2.50 bits per heavy atom. The van der Waals surface area contributed by atoms with E-state index in [1.165, 1.54) is 0 Å². The molecule has 0 aliphatic carbocycles. The van der Waals surface area contributed by atoms with Crippen LogP contribution in [-0.2, 0) is 16.1 Å². The van der Waals surface area contributed by atoms with Gasteiger partial charge in [0.1, 0.15) is 5.70 Å². The Morgan fingerprint density at radius 3 is 3.19 bits per heavy atom. The quantitative estimate of drug-likeness (QED) is 0.580. The molecule has 0 amide bonds. The molecule has 0 fully saturated rings. The van der Waals surface area contributed by atoms with Crippen LogP contribution in [0, 0.1) is 0 Å². The Bertz CT molecular complexity index is 470. The molecule has 5 heteroatoms. The molecule has 1 aliphatic heterocycles. The standard InChI is InChI=1S/C11H12N2O3/c1-2-16-11(15)8-5-10-9(7-14)12-3-4-13(10)6-8/h5-6,12H,2-4H2,1H3. The summed E-state index contributed by atoms with van der Waals surface area (Å²) in [6.07, 6.45) is 1.70. The van der Waals surface area contributed by atoms with E-state index in [1.807, 2.05) is 10.5 Å². The van der Waals surface area contributed by atoms with Crippen molar-refractivity contribution in [3.63, 3.8) is 0 Å². The van der Waals surface area contributed by atoms with Gasteiger partial charge in [-0.1, -0.05) is 0 Å². The van der Waals surface area contributed by atoms with Gasteiger partial charge in [0.2, 0.25) is 0 Å². The first kappa shape index (κ1) is 10.5. The second-order valence-electron chi connectivity index (χ2n) is 3.43. The van der Waals surface area contributed by atoms with E-state index in [0.717, 1.165) is 6.54 Å². The number of rotatable bonds is 2. The first-order valence-corrected chi connectivity index (χ1v) is 5.13. The van der Waals surface area contributed by atoms with Crippen molar-refractivity contribution in [3.8, 4) is 0 Å². The molecule has 1 aromatic rings. The van der Waals surface area contributed by atoms with E-state index in [9.17, 15) is 9.59 Å². The third-order valence-corrected chi connectivity index (χ3v) is 2.42. The van der Waals surface area contributed by atoms with Crippen molar-refractivity contribution >= 4 is 17.6 Å². The molecule has 1 aromatic heterocycles. The summed E-state index contributed by atoms with van der Waals surface area (Å²) in [5, 5.41) is 2.93. The minimum absolute atomic E-state index is 0.341. The number of hydrogen-bond acceptors (Lipinski definition) is 4. The van der Waals surface area contributed by atoms with Gasteiger partial charge in [0.25, 0.3) is 0 Å². The molecule has 2 heterocycles. The van der Waals surface area contributed by atoms with Gasteiger partial charge < -0.3 is 14.6 Å². The van der Waals surface area contributed by atoms with Crippen LogP contribution in [0.2, 0.25) is 0 Å². The van der Waals surface area contributed by atoms with Crippen molar-refractivity contribution in [2.24, 2.45) is 0 Å². The molecule has 1 aliphatic rings. The van der Waals surface area contributed by atoms with Crippen molar-refractivity contribution < 1.29 is 14.3 Å². The number of aromatic nitrogens is 1. The summed E-state index contributed by atoms with van der Waals surface area (Å²) < 4.78 is 6.74. The van der Waals surface area contributed by atoms with Crippen molar-refractivity contribution in [2.75, 3.05) is 13.2 Å². The maximum absolute atomic E-state index is 11.5. The van der Waals surface area contributed by atoms with Crippen LogP contribution in [0.4, 0.5) is 0 Å². The number of carbonyl (C=O) groups is 1. The fraction of sp³-hybridized carbons (Fsp3) is 0.364. The van der Waals surface area contributed by atoms with Gasteiger partial charge in [-0.2, -0.15) is 0 Å². The SMILES string of the molecule is CCOC(=O)c1cc2n(c1)CCNC2=C=O. The van der Waals surface area contributed by atoms with Crippen LogP contribution in [0.5, 0.6) is 0 Å². The van der Waals surface area contributed by atoms with E-state index >= 15 is 0 Å². The average Bonchev–Trinajstić information content (AvgIpc) is 2.72. The predicted octanol–water partition coefficient (Wildman–Crippen LogP) is 0.440. The summed E-state index contributed by atoms with van der Waals surface area (Å²) in [6, 6.07) is 1.64. The predicted molar refractivity (Wildman–Crippen MR) is 57.5 cm³/mol. The number of ether oxygens (including phenoxy) is 1. The zero-order chi connectivity index (χ0) is 11.5. The van der Waals surface area contributed by atoms with Gasteiger partial charge in [0.05, 0.1) is 17.9 Å². The summed E-state index contributed by atoms with van der Waals surface area (Å²) >= 11 is 0. The van der Waals surface area contributed by atoms with Crippen molar-refractivity contribution in [3.05, 3.63) is 23.5 Å². The molecular formula is C11H12N2O3. The molecule has 1 N–H and O–H groups in total. The third kappa shape index (κ3) is 1.73. The van der Waals surface area contributed by atoms with E-state index < -0.39 is 0 Å². The van der Waals surface area contributed by atoms with Gasteiger partial charge >= 0.3 is 5.97 Å². The second kappa shape index (κ2) is 4.24. The normalized spacial score (nSPS) is 13.7. The van der Waals surface area contributed by atoms with Crippen LogP contribution in [0.1, 0.15) is 23.0 Å². The van der Waals surface area contributed by atoms with Crippen molar-refractivity contribution in [2.45, 2.75) is 13.5 Å². The molecule has 2 rings (SSSR count). The Hall–Kier alpha value is -2.00. The van der Waals surface area contributed by atoms with Crippen LogP contribution >= 0.6 is 0 Å². The monoisotopic (exact) mass is 220 g/mol. The lowest BCUT2D eigenvalue weighted by molar-refractivity contribution is 0.0526. The summed E-state index contributed by atoms with van der Waals surface area (Å²) in [5.41, 5.74) is 1.54. The molecule has 0 radical (unpaired) electrons. The zero-order valence-corrected chi connectivity index (χ0v) is 8.95. The maximum atomic E-state index is 11.5. The molecule has 0 unspecified atom stereocenters. The van der Waals surface area contributed by atoms with Crippen LogP contribution in [0.3, 0.4) is 0 Å². The Kier molecular flexibility index (Phi) is 2.79. The summed E-state index contributed by atoms with van der Waals surface area (Å²) in [4.78, 5) is 22.2. The number of esters is 1. The highest BCUT2D eigenvalue weighted by Gasteiger charge is 2.19. The number of hydrogen-bond donors (Lipinski definition) is 1. The summed E-state index contributed by atoms with van der Waals surface area (Å²) in [6.45, 7) is 3.48. The fourth-order valence-corrected chi connectivity index (χ4v) is 1.71. The van der Waals surface area contributed by atoms with Gasteiger partial charge in [0.15, 0.2) is 5.94 Å². The fourth-order valence-electron chi connectivity index (χ4n) is 1.71. The lowest BCUT2D eigenvalue weighted by Gasteiger charge is -2.17. The summed E-state index contributed by atoms with van der Waals surface area (Å²) in [7, 11) is 0. The molecule has 16 heavy (non-hydrogen) atoms. The average molecular weight is 220 g/mol. The molecule has 0 bridgehead atoms. The minimum atomic E-state index is -0.366. The zero-order valence-electron chi connectivity index (χ0n) is 8.95. The van der Waals surface area contributed by atoms with Crippen molar-refractivity contribution in [1.82, 2.24) is 9.88 Å². The van der Waals surface area contributed by atoms with Crippen LogP contribution in [-0.4, -0.2) is 29.6 Å². The Morgan fingerprint density at radius 1 is 1.69 bits per heavy atom. The van der Waals surface area contributed by atoms with E-state index in [4.69, 9.17) is 4.74 Å². The molecule has 0 aromatic carbocycles. The van der Waals surface area contributed by atoms with E-state index in [0.29, 0.717) is 30.1 Å². The second-order valence-corrected chi connectivity index (χ2v) is 3.43. The molecular weight excluding hydrogens is 208 g/mol. The first-order valence-electron chi connectivity index (χ1n) is 5.13.